The quantitative estimate of drug-likeness (QED) is 0.910. The number of rotatable bonds is 4. The third kappa shape index (κ3) is 3.32. The zero-order valence-corrected chi connectivity index (χ0v) is 13.0. The van der Waals surface area contributed by atoms with Crippen molar-refractivity contribution < 1.29 is 4.74 Å². The van der Waals surface area contributed by atoms with Gasteiger partial charge in [0.15, 0.2) is 0 Å². The highest BCUT2D eigenvalue weighted by Gasteiger charge is 2.29. The Morgan fingerprint density at radius 3 is 2.70 bits per heavy atom. The summed E-state index contributed by atoms with van der Waals surface area (Å²) in [5, 5.41) is 0. The fourth-order valence-electron chi connectivity index (χ4n) is 3.00. The van der Waals surface area contributed by atoms with E-state index in [0.29, 0.717) is 6.04 Å². The van der Waals surface area contributed by atoms with Crippen LogP contribution < -0.4 is 10.5 Å². The van der Waals surface area contributed by atoms with E-state index in [9.17, 15) is 0 Å². The molecule has 1 fully saturated rings. The number of nitrogens with zero attached hydrogens (tertiary/aromatic N) is 2. The van der Waals surface area contributed by atoms with E-state index < -0.39 is 0 Å². The molecule has 1 aliphatic rings. The highest BCUT2D eigenvalue weighted by atomic mass is 16.5. The van der Waals surface area contributed by atoms with E-state index in [2.05, 4.69) is 42.8 Å². The first kappa shape index (κ1) is 15.3. The van der Waals surface area contributed by atoms with Gasteiger partial charge in [0.2, 0.25) is 0 Å². The predicted molar refractivity (Wildman–Crippen MR) is 83.0 cm³/mol. The van der Waals surface area contributed by atoms with Crippen molar-refractivity contribution in [2.45, 2.75) is 32.0 Å². The summed E-state index contributed by atoms with van der Waals surface area (Å²) in [6.07, 6.45) is 0. The van der Waals surface area contributed by atoms with Crippen molar-refractivity contribution in [3.8, 4) is 5.75 Å². The van der Waals surface area contributed by atoms with Crippen LogP contribution in [0.15, 0.2) is 24.3 Å². The Kier molecular flexibility index (Phi) is 5.02. The topological polar surface area (TPSA) is 41.7 Å². The van der Waals surface area contributed by atoms with Crippen molar-refractivity contribution >= 4 is 0 Å². The van der Waals surface area contributed by atoms with Crippen LogP contribution in [0.25, 0.3) is 0 Å². The Balaban J connectivity index is 2.22. The summed E-state index contributed by atoms with van der Waals surface area (Å²) in [6, 6.07) is 9.20. The number of likely N-dealkylation sites (N-methyl/N-ethyl adjacent to an activating group) is 1. The molecule has 4 heteroatoms. The molecule has 3 unspecified atom stereocenters. The average Bonchev–Trinajstić information content (AvgIpc) is 2.43. The molecule has 0 spiro atoms. The molecule has 0 aromatic heterocycles. The minimum Gasteiger partial charge on any atom is -0.497 e. The molecule has 112 valence electrons. The van der Waals surface area contributed by atoms with Crippen molar-refractivity contribution in [1.82, 2.24) is 9.80 Å². The van der Waals surface area contributed by atoms with E-state index in [-0.39, 0.29) is 12.1 Å². The first-order chi connectivity index (χ1) is 9.52. The second kappa shape index (κ2) is 6.57. The van der Waals surface area contributed by atoms with Crippen molar-refractivity contribution in [3.05, 3.63) is 29.8 Å². The molecule has 0 bridgehead atoms. The fraction of sp³-hybridized carbons (Fsp3) is 0.625. The van der Waals surface area contributed by atoms with Gasteiger partial charge < -0.3 is 15.4 Å². The number of hydrogen-bond donors (Lipinski definition) is 1. The van der Waals surface area contributed by atoms with Crippen LogP contribution in [0.5, 0.6) is 5.75 Å². The second-order valence-electron chi connectivity index (χ2n) is 5.91. The predicted octanol–water partition coefficient (Wildman–Crippen LogP) is 1.72. The zero-order valence-electron chi connectivity index (χ0n) is 13.0. The maximum Gasteiger partial charge on any atom is 0.119 e. The van der Waals surface area contributed by atoms with Gasteiger partial charge in [0.1, 0.15) is 5.75 Å². The molecule has 2 rings (SSSR count). The van der Waals surface area contributed by atoms with E-state index in [4.69, 9.17) is 10.5 Å². The smallest absolute Gasteiger partial charge is 0.119 e. The Morgan fingerprint density at radius 2 is 2.10 bits per heavy atom. The molecule has 1 saturated heterocycles. The van der Waals surface area contributed by atoms with Crippen molar-refractivity contribution in [2.24, 2.45) is 5.73 Å². The van der Waals surface area contributed by atoms with Crippen LogP contribution in [-0.4, -0.2) is 55.7 Å². The molecule has 3 atom stereocenters. The Morgan fingerprint density at radius 1 is 1.35 bits per heavy atom. The molecule has 4 nitrogen and oxygen atoms in total. The highest BCUT2D eigenvalue weighted by molar-refractivity contribution is 5.31. The van der Waals surface area contributed by atoms with Gasteiger partial charge in [-0.2, -0.15) is 0 Å². The van der Waals surface area contributed by atoms with E-state index >= 15 is 0 Å². The van der Waals surface area contributed by atoms with Crippen LogP contribution in [0.3, 0.4) is 0 Å². The van der Waals surface area contributed by atoms with E-state index in [1.807, 2.05) is 12.1 Å². The Labute approximate surface area is 122 Å². The molecule has 2 N–H and O–H groups in total. The molecule has 20 heavy (non-hydrogen) atoms. The molecule has 0 aliphatic carbocycles. The minimum absolute atomic E-state index is 0.0951. The summed E-state index contributed by atoms with van der Waals surface area (Å²) >= 11 is 0. The molecule has 0 radical (unpaired) electrons. The number of ether oxygens (including phenoxy) is 1. The van der Waals surface area contributed by atoms with Gasteiger partial charge in [0.05, 0.1) is 7.11 Å². The molecule has 1 heterocycles. The van der Waals surface area contributed by atoms with E-state index in [0.717, 1.165) is 25.4 Å². The molecule has 1 aliphatic heterocycles. The van der Waals surface area contributed by atoms with Gasteiger partial charge in [-0.3, -0.25) is 4.90 Å². The molecule has 1 aromatic rings. The Hall–Kier alpha value is -1.10. The SMILES string of the molecule is COc1cccc(C(C(C)N)N2CCN(C)C(C)C2)c1. The van der Waals surface area contributed by atoms with Crippen LogP contribution in [0.2, 0.25) is 0 Å². The zero-order chi connectivity index (χ0) is 14.7. The summed E-state index contributed by atoms with van der Waals surface area (Å²) in [7, 11) is 3.90. The summed E-state index contributed by atoms with van der Waals surface area (Å²) in [5.41, 5.74) is 7.52. The van der Waals surface area contributed by atoms with Gasteiger partial charge in [0.25, 0.3) is 0 Å². The number of piperazine rings is 1. The highest BCUT2D eigenvalue weighted by Crippen LogP contribution is 2.28. The lowest BCUT2D eigenvalue weighted by atomic mass is 9.97. The number of methoxy groups -OCH3 is 1. The summed E-state index contributed by atoms with van der Waals surface area (Å²) in [4.78, 5) is 4.91. The van der Waals surface area contributed by atoms with E-state index in [1.54, 1.807) is 7.11 Å². The van der Waals surface area contributed by atoms with Crippen LogP contribution in [0.4, 0.5) is 0 Å². The van der Waals surface area contributed by atoms with Crippen LogP contribution in [0.1, 0.15) is 25.5 Å². The monoisotopic (exact) mass is 277 g/mol. The summed E-state index contributed by atoms with van der Waals surface area (Å²) in [6.45, 7) is 7.57. The Bertz CT molecular complexity index is 435. The molecular formula is C16H27N3O. The fourth-order valence-corrected chi connectivity index (χ4v) is 3.00. The van der Waals surface area contributed by atoms with Crippen molar-refractivity contribution in [2.75, 3.05) is 33.8 Å². The maximum atomic E-state index is 6.28. The van der Waals surface area contributed by atoms with Crippen molar-refractivity contribution in [1.29, 1.82) is 0 Å². The summed E-state index contributed by atoms with van der Waals surface area (Å²) < 4.78 is 5.34. The summed E-state index contributed by atoms with van der Waals surface area (Å²) in [5.74, 6) is 0.898. The lowest BCUT2D eigenvalue weighted by molar-refractivity contribution is 0.0638. The number of hydrogen-bond acceptors (Lipinski definition) is 4. The number of benzene rings is 1. The minimum atomic E-state index is 0.0951. The second-order valence-corrected chi connectivity index (χ2v) is 5.91. The lowest BCUT2D eigenvalue weighted by Gasteiger charge is -2.43. The van der Waals surface area contributed by atoms with Gasteiger partial charge in [0, 0.05) is 37.8 Å². The van der Waals surface area contributed by atoms with Gasteiger partial charge in [-0.1, -0.05) is 12.1 Å². The van der Waals surface area contributed by atoms with Gasteiger partial charge in [-0.05, 0) is 38.6 Å². The normalized spacial score (nSPS) is 24.4. The third-order valence-corrected chi connectivity index (χ3v) is 4.32. The standard InChI is InChI=1S/C16H27N3O/c1-12-11-19(9-8-18(12)3)16(13(2)17)14-6-5-7-15(10-14)20-4/h5-7,10,12-13,16H,8-9,11,17H2,1-4H3. The molecule has 1 aromatic carbocycles. The van der Waals surface area contributed by atoms with Gasteiger partial charge in [-0.25, -0.2) is 0 Å². The molecule has 0 amide bonds. The van der Waals surface area contributed by atoms with Gasteiger partial charge >= 0.3 is 0 Å². The van der Waals surface area contributed by atoms with Crippen molar-refractivity contribution in [3.63, 3.8) is 0 Å². The number of nitrogens with two attached hydrogens (primary N) is 1. The van der Waals surface area contributed by atoms with Crippen LogP contribution >= 0.6 is 0 Å². The average molecular weight is 277 g/mol. The maximum absolute atomic E-state index is 6.28. The third-order valence-electron chi connectivity index (χ3n) is 4.32. The largest absolute Gasteiger partial charge is 0.497 e. The lowest BCUT2D eigenvalue weighted by Crippen LogP contribution is -2.53. The van der Waals surface area contributed by atoms with Crippen LogP contribution in [-0.2, 0) is 0 Å². The van der Waals surface area contributed by atoms with Crippen LogP contribution in [0, 0.1) is 0 Å². The first-order valence-electron chi connectivity index (χ1n) is 7.36. The van der Waals surface area contributed by atoms with Gasteiger partial charge in [-0.15, -0.1) is 0 Å². The molecule has 0 saturated carbocycles. The molecular weight excluding hydrogens is 250 g/mol. The van der Waals surface area contributed by atoms with E-state index in [1.165, 1.54) is 5.56 Å². The first-order valence-corrected chi connectivity index (χ1v) is 7.36.